The molecule has 6 heteroatoms. The SMILES string of the molecule is FC(F)(F)c1ccc(Oc2cccc(CCl)n2)cc1. The van der Waals surface area contributed by atoms with Crippen molar-refractivity contribution in [3.8, 4) is 11.6 Å². The number of benzene rings is 1. The van der Waals surface area contributed by atoms with Gasteiger partial charge in [-0.1, -0.05) is 6.07 Å². The van der Waals surface area contributed by atoms with Gasteiger partial charge in [-0.15, -0.1) is 11.6 Å². The average molecular weight is 288 g/mol. The normalized spacial score (nSPS) is 11.4. The summed E-state index contributed by atoms with van der Waals surface area (Å²) < 4.78 is 42.5. The van der Waals surface area contributed by atoms with Crippen LogP contribution in [0.1, 0.15) is 11.3 Å². The van der Waals surface area contributed by atoms with Gasteiger partial charge in [-0.2, -0.15) is 13.2 Å². The summed E-state index contributed by atoms with van der Waals surface area (Å²) in [6.07, 6.45) is -4.35. The molecule has 0 N–H and O–H groups in total. The standard InChI is InChI=1S/C13H9ClF3NO/c14-8-10-2-1-3-12(18-10)19-11-6-4-9(5-7-11)13(15,16)17/h1-7H,8H2. The lowest BCUT2D eigenvalue weighted by molar-refractivity contribution is -0.137. The third kappa shape index (κ3) is 3.61. The first kappa shape index (κ1) is 13.7. The molecule has 100 valence electrons. The fourth-order valence-electron chi connectivity index (χ4n) is 1.42. The number of pyridine rings is 1. The fraction of sp³-hybridized carbons (Fsp3) is 0.154. The van der Waals surface area contributed by atoms with Crippen molar-refractivity contribution in [2.24, 2.45) is 0 Å². The first-order chi connectivity index (χ1) is 8.99. The van der Waals surface area contributed by atoms with E-state index in [0.29, 0.717) is 5.69 Å². The van der Waals surface area contributed by atoms with Gasteiger partial charge in [0.1, 0.15) is 5.75 Å². The summed E-state index contributed by atoms with van der Waals surface area (Å²) in [5, 5.41) is 0. The number of nitrogens with zero attached hydrogens (tertiary/aromatic N) is 1. The summed E-state index contributed by atoms with van der Waals surface area (Å²) in [5.74, 6) is 0.814. The number of halogens is 4. The summed E-state index contributed by atoms with van der Waals surface area (Å²) in [6, 6.07) is 9.46. The first-order valence-electron chi connectivity index (χ1n) is 5.36. The minimum Gasteiger partial charge on any atom is -0.439 e. The maximum atomic E-state index is 12.4. The van der Waals surface area contributed by atoms with Crippen LogP contribution in [0.25, 0.3) is 0 Å². The van der Waals surface area contributed by atoms with Gasteiger partial charge in [0.25, 0.3) is 0 Å². The molecule has 0 aliphatic heterocycles. The lowest BCUT2D eigenvalue weighted by Crippen LogP contribution is -2.04. The van der Waals surface area contributed by atoms with E-state index in [-0.39, 0.29) is 17.5 Å². The van der Waals surface area contributed by atoms with E-state index in [1.807, 2.05) is 0 Å². The van der Waals surface area contributed by atoms with E-state index in [1.165, 1.54) is 12.1 Å². The molecular weight excluding hydrogens is 279 g/mol. The second-order valence-electron chi connectivity index (χ2n) is 3.72. The minimum absolute atomic E-state index is 0.240. The molecule has 0 aliphatic rings. The summed E-state index contributed by atoms with van der Waals surface area (Å²) in [5.41, 5.74) is -0.0894. The van der Waals surface area contributed by atoms with Gasteiger partial charge in [-0.25, -0.2) is 4.98 Å². The van der Waals surface area contributed by atoms with E-state index in [4.69, 9.17) is 16.3 Å². The zero-order valence-electron chi connectivity index (χ0n) is 9.62. The highest BCUT2D eigenvalue weighted by atomic mass is 35.5. The van der Waals surface area contributed by atoms with E-state index in [9.17, 15) is 13.2 Å². The van der Waals surface area contributed by atoms with Crippen molar-refractivity contribution >= 4 is 11.6 Å². The monoisotopic (exact) mass is 287 g/mol. The molecule has 0 fully saturated rings. The molecule has 0 atom stereocenters. The van der Waals surface area contributed by atoms with Gasteiger partial charge in [-0.05, 0) is 30.3 Å². The van der Waals surface area contributed by atoms with Crippen molar-refractivity contribution in [3.05, 3.63) is 53.7 Å². The molecule has 0 saturated carbocycles. The molecular formula is C13H9ClF3NO. The summed E-state index contributed by atoms with van der Waals surface area (Å²) in [4.78, 5) is 4.08. The molecule has 0 saturated heterocycles. The summed E-state index contributed by atoms with van der Waals surface area (Å²) >= 11 is 5.63. The van der Waals surface area contributed by atoms with Gasteiger partial charge < -0.3 is 4.74 Å². The van der Waals surface area contributed by atoms with Crippen LogP contribution < -0.4 is 4.74 Å². The van der Waals surface area contributed by atoms with Gasteiger partial charge in [0, 0.05) is 6.07 Å². The van der Waals surface area contributed by atoms with Crippen molar-refractivity contribution in [1.82, 2.24) is 4.98 Å². The number of alkyl halides is 4. The average Bonchev–Trinajstić information content (AvgIpc) is 2.38. The molecule has 0 radical (unpaired) electrons. The Bertz CT molecular complexity index is 555. The summed E-state index contributed by atoms with van der Waals surface area (Å²) in [6.45, 7) is 0. The van der Waals surface area contributed by atoms with Gasteiger partial charge in [0.05, 0.1) is 17.1 Å². The van der Waals surface area contributed by atoms with Crippen molar-refractivity contribution in [2.45, 2.75) is 12.1 Å². The number of hydrogen-bond donors (Lipinski definition) is 0. The highest BCUT2D eigenvalue weighted by Crippen LogP contribution is 2.31. The van der Waals surface area contributed by atoms with Crippen molar-refractivity contribution in [3.63, 3.8) is 0 Å². The first-order valence-corrected chi connectivity index (χ1v) is 5.89. The number of hydrogen-bond acceptors (Lipinski definition) is 2. The Hall–Kier alpha value is -1.75. The Morgan fingerprint density at radius 2 is 1.74 bits per heavy atom. The Labute approximate surface area is 112 Å². The quantitative estimate of drug-likeness (QED) is 0.768. The van der Waals surface area contributed by atoms with Crippen LogP contribution in [0, 0.1) is 0 Å². The maximum Gasteiger partial charge on any atom is 0.416 e. The van der Waals surface area contributed by atoms with Crippen LogP contribution in [-0.4, -0.2) is 4.98 Å². The highest BCUT2D eigenvalue weighted by Gasteiger charge is 2.30. The highest BCUT2D eigenvalue weighted by molar-refractivity contribution is 6.16. The second kappa shape index (κ2) is 5.48. The molecule has 0 spiro atoms. The van der Waals surface area contributed by atoms with Gasteiger partial charge in [0.15, 0.2) is 0 Å². The van der Waals surface area contributed by atoms with Crippen molar-refractivity contribution < 1.29 is 17.9 Å². The Morgan fingerprint density at radius 3 is 2.32 bits per heavy atom. The zero-order valence-corrected chi connectivity index (χ0v) is 10.4. The molecule has 2 rings (SSSR count). The minimum atomic E-state index is -4.35. The molecule has 2 aromatic rings. The van der Waals surface area contributed by atoms with Crippen molar-refractivity contribution in [1.29, 1.82) is 0 Å². The van der Waals surface area contributed by atoms with Crippen molar-refractivity contribution in [2.75, 3.05) is 0 Å². The molecule has 0 bridgehead atoms. The second-order valence-corrected chi connectivity index (χ2v) is 3.99. The largest absolute Gasteiger partial charge is 0.439 e. The molecule has 0 amide bonds. The molecule has 0 unspecified atom stereocenters. The third-order valence-electron chi connectivity index (χ3n) is 2.32. The molecule has 2 nitrogen and oxygen atoms in total. The van der Waals surface area contributed by atoms with Gasteiger partial charge in [0.2, 0.25) is 5.88 Å². The summed E-state index contributed by atoms with van der Waals surface area (Å²) in [7, 11) is 0. The van der Waals surface area contributed by atoms with E-state index < -0.39 is 11.7 Å². The zero-order chi connectivity index (χ0) is 13.9. The molecule has 1 heterocycles. The van der Waals surface area contributed by atoms with Crippen LogP contribution in [-0.2, 0) is 12.1 Å². The topological polar surface area (TPSA) is 22.1 Å². The lowest BCUT2D eigenvalue weighted by Gasteiger charge is -2.08. The maximum absolute atomic E-state index is 12.4. The smallest absolute Gasteiger partial charge is 0.416 e. The van der Waals surface area contributed by atoms with E-state index >= 15 is 0 Å². The van der Waals surface area contributed by atoms with Gasteiger partial charge >= 0.3 is 6.18 Å². The molecule has 1 aromatic heterocycles. The van der Waals surface area contributed by atoms with Crippen LogP contribution >= 0.6 is 11.6 Å². The molecule has 19 heavy (non-hydrogen) atoms. The predicted molar refractivity (Wildman–Crippen MR) is 65.3 cm³/mol. The molecule has 0 aliphatic carbocycles. The fourth-order valence-corrected chi connectivity index (χ4v) is 1.57. The van der Waals surface area contributed by atoms with E-state index in [2.05, 4.69) is 4.98 Å². The number of aromatic nitrogens is 1. The van der Waals surface area contributed by atoms with E-state index in [0.717, 1.165) is 12.1 Å². The van der Waals surface area contributed by atoms with Gasteiger partial charge in [-0.3, -0.25) is 0 Å². The van der Waals surface area contributed by atoms with Crippen LogP contribution in [0.5, 0.6) is 11.6 Å². The van der Waals surface area contributed by atoms with E-state index in [1.54, 1.807) is 18.2 Å². The lowest BCUT2D eigenvalue weighted by atomic mass is 10.2. The molecule has 1 aromatic carbocycles. The number of rotatable bonds is 3. The van der Waals surface area contributed by atoms with Crippen LogP contribution in [0.3, 0.4) is 0 Å². The van der Waals surface area contributed by atoms with Crippen LogP contribution in [0.15, 0.2) is 42.5 Å². The predicted octanol–water partition coefficient (Wildman–Crippen LogP) is 4.63. The Balaban J connectivity index is 2.15. The van der Waals surface area contributed by atoms with Crippen LogP contribution in [0.4, 0.5) is 13.2 Å². The Morgan fingerprint density at radius 1 is 1.05 bits per heavy atom. The number of ether oxygens (including phenoxy) is 1. The third-order valence-corrected chi connectivity index (χ3v) is 2.60. The van der Waals surface area contributed by atoms with Crippen LogP contribution in [0.2, 0.25) is 0 Å². The Kier molecular flexibility index (Phi) is 3.95.